The molecule has 0 N–H and O–H groups in total. The summed E-state index contributed by atoms with van der Waals surface area (Å²) in [6.45, 7) is -0.0365. The molecule has 0 unspecified atom stereocenters. The van der Waals surface area contributed by atoms with Crippen LogP contribution in [0.4, 0.5) is 8.78 Å². The summed E-state index contributed by atoms with van der Waals surface area (Å²) in [5, 5.41) is 10.8. The van der Waals surface area contributed by atoms with Gasteiger partial charge in [0.15, 0.2) is 6.54 Å². The number of hydroxylamine groups is 1. The molecule has 0 heterocycles. The van der Waals surface area contributed by atoms with Crippen molar-refractivity contribution in [1.29, 1.82) is 0 Å². The van der Waals surface area contributed by atoms with Gasteiger partial charge in [-0.1, -0.05) is 30.3 Å². The highest BCUT2D eigenvalue weighted by Gasteiger charge is 2.03. The first kappa shape index (κ1) is 9.64. The highest BCUT2D eigenvalue weighted by atomic mass is 19.3. The molecule has 0 aliphatic rings. The highest BCUT2D eigenvalue weighted by molar-refractivity contribution is 5.55. The summed E-state index contributed by atoms with van der Waals surface area (Å²) in [7, 11) is 0. The van der Waals surface area contributed by atoms with E-state index in [1.807, 2.05) is 0 Å². The van der Waals surface area contributed by atoms with Gasteiger partial charge in [0.2, 0.25) is 6.21 Å². The lowest BCUT2D eigenvalue weighted by atomic mass is 10.2. The Morgan fingerprint density at radius 2 is 1.92 bits per heavy atom. The van der Waals surface area contributed by atoms with Crippen LogP contribution in [0.2, 0.25) is 0 Å². The van der Waals surface area contributed by atoms with Gasteiger partial charge in [-0.15, -0.1) is 0 Å². The molecule has 0 atom stereocenters. The second-order valence-electron chi connectivity index (χ2n) is 2.54. The minimum Gasteiger partial charge on any atom is -0.624 e. The molecule has 0 spiro atoms. The fourth-order valence-electron chi connectivity index (χ4n) is 0.942. The van der Waals surface area contributed by atoms with Crippen molar-refractivity contribution in [2.75, 3.05) is 0 Å². The van der Waals surface area contributed by atoms with Gasteiger partial charge in [0.25, 0.3) is 0 Å². The van der Waals surface area contributed by atoms with E-state index in [0.29, 0.717) is 6.21 Å². The first-order valence-corrected chi connectivity index (χ1v) is 3.79. The smallest absolute Gasteiger partial charge is 0.314 e. The van der Waals surface area contributed by atoms with E-state index in [0.717, 1.165) is 5.56 Å². The lowest BCUT2D eigenvalue weighted by Gasteiger charge is -2.02. The summed E-state index contributed by atoms with van der Waals surface area (Å²) >= 11 is 0. The van der Waals surface area contributed by atoms with Crippen molar-refractivity contribution in [3.05, 3.63) is 41.1 Å². The minimum absolute atomic E-state index is 0.0365. The zero-order chi connectivity index (χ0) is 9.68. The Balaban J connectivity index is 2.60. The second kappa shape index (κ2) is 4.54. The SMILES string of the molecule is [O-][N+](=CC(F)F)Cc1ccccc1. The average Bonchev–Trinajstić information content (AvgIpc) is 2.04. The quantitative estimate of drug-likeness (QED) is 0.306. The van der Waals surface area contributed by atoms with Crippen LogP contribution >= 0.6 is 0 Å². The number of alkyl halides is 2. The standard InChI is InChI=1S/C9H9F2NO/c10-9(11)7-12(13)6-8-4-2-1-3-5-8/h1-5,7,9H,6H2. The summed E-state index contributed by atoms with van der Waals surface area (Å²) in [5.41, 5.74) is 0.717. The maximum atomic E-state index is 11.7. The largest absolute Gasteiger partial charge is 0.624 e. The zero-order valence-electron chi connectivity index (χ0n) is 6.86. The second-order valence-corrected chi connectivity index (χ2v) is 2.54. The van der Waals surface area contributed by atoms with E-state index in [-0.39, 0.29) is 11.3 Å². The Bertz CT molecular complexity index is 285. The molecule has 0 saturated carbocycles. The number of nitrogens with zero attached hydrogens (tertiary/aromatic N) is 1. The Morgan fingerprint density at radius 1 is 1.31 bits per heavy atom. The monoisotopic (exact) mass is 185 g/mol. The number of rotatable bonds is 3. The van der Waals surface area contributed by atoms with Crippen molar-refractivity contribution in [1.82, 2.24) is 0 Å². The van der Waals surface area contributed by atoms with Crippen molar-refractivity contribution < 1.29 is 13.5 Å². The highest BCUT2D eigenvalue weighted by Crippen LogP contribution is 1.99. The molecule has 0 fully saturated rings. The van der Waals surface area contributed by atoms with Crippen LogP contribution in [-0.2, 0) is 6.54 Å². The van der Waals surface area contributed by atoms with Crippen LogP contribution in [0.3, 0.4) is 0 Å². The molecule has 1 aromatic carbocycles. The fraction of sp³-hybridized carbons (Fsp3) is 0.222. The molecule has 70 valence electrons. The molecule has 0 saturated heterocycles. The predicted octanol–water partition coefficient (Wildman–Crippen LogP) is 2.03. The zero-order valence-corrected chi connectivity index (χ0v) is 6.86. The van der Waals surface area contributed by atoms with E-state index in [2.05, 4.69) is 0 Å². The van der Waals surface area contributed by atoms with Gasteiger partial charge in [0.05, 0.1) is 0 Å². The van der Waals surface area contributed by atoms with E-state index in [1.165, 1.54) is 0 Å². The first-order chi connectivity index (χ1) is 6.18. The van der Waals surface area contributed by atoms with Gasteiger partial charge in [0.1, 0.15) is 0 Å². The van der Waals surface area contributed by atoms with Crippen LogP contribution in [0.1, 0.15) is 5.56 Å². The van der Waals surface area contributed by atoms with Crippen molar-refractivity contribution in [2.24, 2.45) is 0 Å². The van der Waals surface area contributed by atoms with Gasteiger partial charge in [-0.05, 0) is 0 Å². The van der Waals surface area contributed by atoms with Crippen LogP contribution in [0.25, 0.3) is 0 Å². The Morgan fingerprint density at radius 3 is 2.46 bits per heavy atom. The van der Waals surface area contributed by atoms with Gasteiger partial charge in [0, 0.05) is 5.56 Å². The molecule has 0 bridgehead atoms. The Hall–Kier alpha value is -1.45. The summed E-state index contributed by atoms with van der Waals surface area (Å²) in [5.74, 6) is 0. The molecule has 13 heavy (non-hydrogen) atoms. The number of hydrogen-bond donors (Lipinski definition) is 0. The van der Waals surface area contributed by atoms with Gasteiger partial charge >= 0.3 is 6.43 Å². The molecule has 4 heteroatoms. The third-order valence-electron chi connectivity index (χ3n) is 1.46. The maximum Gasteiger partial charge on any atom is 0.314 e. The first-order valence-electron chi connectivity index (χ1n) is 3.79. The van der Waals surface area contributed by atoms with Crippen LogP contribution in [0.5, 0.6) is 0 Å². The molecule has 0 aromatic heterocycles. The minimum atomic E-state index is -2.69. The summed E-state index contributed by atoms with van der Waals surface area (Å²) in [6, 6.07) is 8.74. The molecule has 1 rings (SSSR count). The number of halogens is 2. The number of benzene rings is 1. The van der Waals surface area contributed by atoms with Crippen molar-refractivity contribution in [3.8, 4) is 0 Å². The van der Waals surface area contributed by atoms with Gasteiger partial charge in [-0.25, -0.2) is 4.74 Å². The van der Waals surface area contributed by atoms with Crippen molar-refractivity contribution in [2.45, 2.75) is 13.0 Å². The predicted molar refractivity (Wildman–Crippen MR) is 45.8 cm³/mol. The average molecular weight is 185 g/mol. The van der Waals surface area contributed by atoms with Crippen molar-refractivity contribution in [3.63, 3.8) is 0 Å². The van der Waals surface area contributed by atoms with Crippen LogP contribution in [0, 0.1) is 5.21 Å². The maximum absolute atomic E-state index is 11.7. The molecule has 0 aliphatic carbocycles. The molecular weight excluding hydrogens is 176 g/mol. The van der Waals surface area contributed by atoms with Crippen LogP contribution < -0.4 is 0 Å². The summed E-state index contributed by atoms with van der Waals surface area (Å²) < 4.78 is 23.6. The molecule has 0 aliphatic heterocycles. The van der Waals surface area contributed by atoms with Gasteiger partial charge in [-0.3, -0.25) is 0 Å². The molecule has 0 amide bonds. The summed E-state index contributed by atoms with van der Waals surface area (Å²) in [6.07, 6.45) is -2.34. The summed E-state index contributed by atoms with van der Waals surface area (Å²) in [4.78, 5) is 0. The van der Waals surface area contributed by atoms with Crippen molar-refractivity contribution >= 4 is 6.21 Å². The molecule has 1 aromatic rings. The third kappa shape index (κ3) is 3.64. The topological polar surface area (TPSA) is 26.1 Å². The molecule has 2 nitrogen and oxygen atoms in total. The normalized spacial score (nSPS) is 12.1. The number of hydrogen-bond acceptors (Lipinski definition) is 1. The molecular formula is C9H9F2NO. The molecule has 0 radical (unpaired) electrons. The van der Waals surface area contributed by atoms with Crippen LogP contribution in [0.15, 0.2) is 30.3 Å². The fourth-order valence-corrected chi connectivity index (χ4v) is 0.942. The van der Waals surface area contributed by atoms with E-state index in [9.17, 15) is 14.0 Å². The van der Waals surface area contributed by atoms with Gasteiger partial charge in [-0.2, -0.15) is 8.78 Å². The lowest BCUT2D eigenvalue weighted by molar-refractivity contribution is -0.473. The van der Waals surface area contributed by atoms with E-state index in [4.69, 9.17) is 0 Å². The lowest BCUT2D eigenvalue weighted by Crippen LogP contribution is -2.09. The van der Waals surface area contributed by atoms with Gasteiger partial charge < -0.3 is 5.21 Å². The Labute approximate surface area is 74.7 Å². The Kier molecular flexibility index (Phi) is 3.37. The van der Waals surface area contributed by atoms with E-state index in [1.54, 1.807) is 30.3 Å². The van der Waals surface area contributed by atoms with E-state index < -0.39 is 6.43 Å². The van der Waals surface area contributed by atoms with Crippen LogP contribution in [-0.4, -0.2) is 17.4 Å². The third-order valence-corrected chi connectivity index (χ3v) is 1.46. The van der Waals surface area contributed by atoms with E-state index >= 15 is 0 Å².